The first-order valence-electron chi connectivity index (χ1n) is 6.06. The summed E-state index contributed by atoms with van der Waals surface area (Å²) >= 11 is 3.26. The van der Waals surface area contributed by atoms with Gasteiger partial charge in [0.1, 0.15) is 0 Å². The van der Waals surface area contributed by atoms with Crippen molar-refractivity contribution >= 4 is 33.5 Å². The van der Waals surface area contributed by atoms with Crippen molar-refractivity contribution in [1.82, 2.24) is 0 Å². The molecule has 2 rings (SSSR count). The lowest BCUT2D eigenvalue weighted by Crippen LogP contribution is -2.18. The van der Waals surface area contributed by atoms with Crippen LogP contribution in [0.15, 0.2) is 53.0 Å². The van der Waals surface area contributed by atoms with Gasteiger partial charge in [-0.25, -0.2) is 4.79 Å². The van der Waals surface area contributed by atoms with E-state index in [0.717, 1.165) is 4.47 Å². The highest BCUT2D eigenvalue weighted by Crippen LogP contribution is 2.16. The third kappa shape index (κ3) is 3.25. The Labute approximate surface area is 129 Å². The molecule has 0 aromatic heterocycles. The van der Waals surface area contributed by atoms with Crippen LogP contribution in [-0.4, -0.2) is 24.6 Å². The van der Waals surface area contributed by atoms with E-state index in [1.807, 2.05) is 0 Å². The summed E-state index contributed by atoms with van der Waals surface area (Å²) in [6.07, 6.45) is 0. The SMILES string of the molecule is COC(=O)c1ccccc1C(=O)C(=O)c1ccc(Br)cc1. The largest absolute Gasteiger partial charge is 0.465 e. The fraction of sp³-hybridized carbons (Fsp3) is 0.0625. The van der Waals surface area contributed by atoms with Crippen LogP contribution in [0.3, 0.4) is 0 Å². The Balaban J connectivity index is 2.38. The smallest absolute Gasteiger partial charge is 0.338 e. The highest BCUT2D eigenvalue weighted by molar-refractivity contribution is 9.10. The molecular formula is C16H11BrO4. The molecule has 0 unspecified atom stereocenters. The van der Waals surface area contributed by atoms with Crippen molar-refractivity contribution in [3.8, 4) is 0 Å². The molecule has 106 valence electrons. The minimum absolute atomic E-state index is 0.0391. The van der Waals surface area contributed by atoms with Crippen molar-refractivity contribution in [2.75, 3.05) is 7.11 Å². The molecule has 5 heteroatoms. The van der Waals surface area contributed by atoms with Crippen molar-refractivity contribution in [2.24, 2.45) is 0 Å². The average molecular weight is 347 g/mol. The Morgan fingerprint density at radius 2 is 1.43 bits per heavy atom. The lowest BCUT2D eigenvalue weighted by Gasteiger charge is -2.06. The second-order valence-electron chi connectivity index (χ2n) is 4.20. The minimum atomic E-state index is -0.738. The number of esters is 1. The van der Waals surface area contributed by atoms with E-state index in [1.54, 1.807) is 36.4 Å². The number of ether oxygens (including phenoxy) is 1. The lowest BCUT2D eigenvalue weighted by molar-refractivity contribution is 0.0597. The van der Waals surface area contributed by atoms with E-state index in [4.69, 9.17) is 0 Å². The zero-order valence-electron chi connectivity index (χ0n) is 11.1. The van der Waals surface area contributed by atoms with Gasteiger partial charge < -0.3 is 4.74 Å². The second-order valence-corrected chi connectivity index (χ2v) is 5.12. The first-order valence-corrected chi connectivity index (χ1v) is 6.86. The molecule has 0 heterocycles. The summed E-state index contributed by atoms with van der Waals surface area (Å²) < 4.78 is 5.43. The molecular weight excluding hydrogens is 336 g/mol. The monoisotopic (exact) mass is 346 g/mol. The van der Waals surface area contributed by atoms with Gasteiger partial charge in [0.05, 0.1) is 12.7 Å². The van der Waals surface area contributed by atoms with Crippen LogP contribution in [-0.2, 0) is 4.74 Å². The van der Waals surface area contributed by atoms with Gasteiger partial charge in [-0.2, -0.15) is 0 Å². The molecule has 0 saturated carbocycles. The molecule has 4 nitrogen and oxygen atoms in total. The van der Waals surface area contributed by atoms with E-state index in [2.05, 4.69) is 20.7 Å². The van der Waals surface area contributed by atoms with Crippen LogP contribution in [0.1, 0.15) is 31.1 Å². The molecule has 2 aromatic rings. The number of methoxy groups -OCH3 is 1. The van der Waals surface area contributed by atoms with Crippen molar-refractivity contribution < 1.29 is 19.1 Å². The van der Waals surface area contributed by atoms with Crippen molar-refractivity contribution in [3.63, 3.8) is 0 Å². The van der Waals surface area contributed by atoms with Gasteiger partial charge in [0.25, 0.3) is 0 Å². The Hall–Kier alpha value is -2.27. The highest BCUT2D eigenvalue weighted by atomic mass is 79.9. The summed E-state index contributed by atoms with van der Waals surface area (Å²) in [6, 6.07) is 12.5. The van der Waals surface area contributed by atoms with Gasteiger partial charge in [-0.15, -0.1) is 0 Å². The fourth-order valence-electron chi connectivity index (χ4n) is 1.82. The molecule has 0 N–H and O–H groups in total. The Morgan fingerprint density at radius 3 is 2.00 bits per heavy atom. The quantitative estimate of drug-likeness (QED) is 0.484. The third-order valence-corrected chi connectivity index (χ3v) is 3.42. The maximum Gasteiger partial charge on any atom is 0.338 e. The third-order valence-electron chi connectivity index (χ3n) is 2.89. The first-order chi connectivity index (χ1) is 10.0. The second kappa shape index (κ2) is 6.45. The van der Waals surface area contributed by atoms with Crippen LogP contribution in [0.2, 0.25) is 0 Å². The maximum atomic E-state index is 12.3. The number of ketones is 2. The summed E-state index contributed by atoms with van der Waals surface area (Å²) in [6.45, 7) is 0. The molecule has 0 spiro atoms. The lowest BCUT2D eigenvalue weighted by atomic mass is 9.97. The summed E-state index contributed by atoms with van der Waals surface area (Å²) in [7, 11) is 1.22. The van der Waals surface area contributed by atoms with E-state index in [-0.39, 0.29) is 16.7 Å². The molecule has 0 atom stereocenters. The van der Waals surface area contributed by atoms with E-state index >= 15 is 0 Å². The first kappa shape index (κ1) is 15.1. The van der Waals surface area contributed by atoms with Crippen molar-refractivity contribution in [3.05, 3.63) is 69.7 Å². The zero-order valence-corrected chi connectivity index (χ0v) is 12.7. The van der Waals surface area contributed by atoms with E-state index < -0.39 is 17.5 Å². The van der Waals surface area contributed by atoms with E-state index in [0.29, 0.717) is 0 Å². The van der Waals surface area contributed by atoms with Crippen molar-refractivity contribution in [1.29, 1.82) is 0 Å². The predicted octanol–water partition coefficient (Wildman–Crippen LogP) is 3.30. The molecule has 0 saturated heterocycles. The zero-order chi connectivity index (χ0) is 15.4. The predicted molar refractivity (Wildman–Crippen MR) is 80.6 cm³/mol. The van der Waals surface area contributed by atoms with Gasteiger partial charge in [-0.3, -0.25) is 9.59 Å². The molecule has 0 aliphatic carbocycles. The number of halogens is 1. The van der Waals surface area contributed by atoms with E-state index in [9.17, 15) is 14.4 Å². The Morgan fingerprint density at radius 1 is 0.857 bits per heavy atom. The van der Waals surface area contributed by atoms with Crippen molar-refractivity contribution in [2.45, 2.75) is 0 Å². The number of rotatable bonds is 4. The summed E-state index contributed by atoms with van der Waals surface area (Å²) in [4.78, 5) is 36.2. The maximum absolute atomic E-state index is 12.3. The summed E-state index contributed by atoms with van der Waals surface area (Å²) in [5.41, 5.74) is 0.385. The van der Waals surface area contributed by atoms with Gasteiger partial charge in [-0.05, 0) is 30.3 Å². The van der Waals surface area contributed by atoms with Crippen LogP contribution in [0.4, 0.5) is 0 Å². The molecule has 21 heavy (non-hydrogen) atoms. The number of carbonyl (C=O) groups excluding carboxylic acids is 3. The molecule has 2 aromatic carbocycles. The standard InChI is InChI=1S/C16H11BrO4/c1-21-16(20)13-5-3-2-4-12(13)15(19)14(18)10-6-8-11(17)9-7-10/h2-9H,1H3. The summed E-state index contributed by atoms with van der Waals surface area (Å²) in [5, 5.41) is 0. The molecule has 0 aliphatic heterocycles. The van der Waals surface area contributed by atoms with Crippen LogP contribution in [0, 0.1) is 0 Å². The Bertz CT molecular complexity index is 704. The van der Waals surface area contributed by atoms with Crippen LogP contribution in [0.5, 0.6) is 0 Å². The molecule has 0 amide bonds. The van der Waals surface area contributed by atoms with Crippen LogP contribution >= 0.6 is 15.9 Å². The summed E-state index contributed by atoms with van der Waals surface area (Å²) in [5.74, 6) is -2.06. The molecule has 0 aliphatic rings. The van der Waals surface area contributed by atoms with Gasteiger partial charge in [-0.1, -0.05) is 34.1 Å². The topological polar surface area (TPSA) is 60.4 Å². The number of hydrogen-bond acceptors (Lipinski definition) is 4. The minimum Gasteiger partial charge on any atom is -0.465 e. The van der Waals surface area contributed by atoms with E-state index in [1.165, 1.54) is 19.2 Å². The number of carbonyl (C=O) groups is 3. The fourth-order valence-corrected chi connectivity index (χ4v) is 2.09. The average Bonchev–Trinajstić information content (AvgIpc) is 2.53. The molecule has 0 radical (unpaired) electrons. The van der Waals surface area contributed by atoms with Crippen LogP contribution < -0.4 is 0 Å². The van der Waals surface area contributed by atoms with Gasteiger partial charge >= 0.3 is 5.97 Å². The number of hydrogen-bond donors (Lipinski definition) is 0. The normalized spacial score (nSPS) is 10.0. The van der Waals surface area contributed by atoms with Gasteiger partial charge in [0.15, 0.2) is 0 Å². The number of benzene rings is 2. The van der Waals surface area contributed by atoms with Crippen LogP contribution in [0.25, 0.3) is 0 Å². The number of Topliss-reactive ketones (excluding diaryl/α,β-unsaturated/α-hetero) is 2. The molecule has 0 fully saturated rings. The highest BCUT2D eigenvalue weighted by Gasteiger charge is 2.23. The molecule has 0 bridgehead atoms. The van der Waals surface area contributed by atoms with Gasteiger partial charge in [0.2, 0.25) is 11.6 Å². The Kier molecular flexibility index (Phi) is 4.65. The van der Waals surface area contributed by atoms with Gasteiger partial charge in [0, 0.05) is 15.6 Å².